The molecule has 1 aromatic rings. The van der Waals surface area contributed by atoms with Gasteiger partial charge in [0, 0.05) is 48.8 Å². The van der Waals surface area contributed by atoms with Crippen molar-refractivity contribution in [1.82, 2.24) is 10.2 Å². The van der Waals surface area contributed by atoms with Crippen LogP contribution in [0.5, 0.6) is 0 Å². The van der Waals surface area contributed by atoms with Crippen LogP contribution in [0.4, 0.5) is 5.69 Å². The zero-order chi connectivity index (χ0) is 13.7. The van der Waals surface area contributed by atoms with E-state index in [4.69, 9.17) is 0 Å². The van der Waals surface area contributed by atoms with Crippen molar-refractivity contribution in [3.8, 4) is 0 Å². The van der Waals surface area contributed by atoms with E-state index < -0.39 is 0 Å². The Labute approximate surface area is 134 Å². The third kappa shape index (κ3) is 5.40. The van der Waals surface area contributed by atoms with E-state index in [1.54, 1.807) is 0 Å². The van der Waals surface area contributed by atoms with E-state index in [0.717, 1.165) is 36.3 Å². The maximum atomic E-state index is 11.9. The third-order valence-electron chi connectivity index (χ3n) is 3.37. The van der Waals surface area contributed by atoms with Crippen LogP contribution in [0.2, 0.25) is 0 Å². The Morgan fingerprint density at radius 2 is 2.35 bits per heavy atom. The lowest BCUT2D eigenvalue weighted by Gasteiger charge is -2.33. The van der Waals surface area contributed by atoms with Crippen LogP contribution < -0.4 is 10.6 Å². The van der Waals surface area contributed by atoms with Gasteiger partial charge < -0.3 is 10.6 Å². The van der Waals surface area contributed by atoms with Crippen LogP contribution in [-0.2, 0) is 4.79 Å². The highest BCUT2D eigenvalue weighted by Crippen LogP contribution is 2.15. The minimum Gasteiger partial charge on any atom is -0.326 e. The Hall–Kier alpha value is -0.620. The number of hydrogen-bond acceptors (Lipinski definition) is 3. The van der Waals surface area contributed by atoms with Crippen LogP contribution in [-0.4, -0.2) is 43.0 Å². The molecule has 1 atom stereocenters. The molecule has 1 aliphatic heterocycles. The van der Waals surface area contributed by atoms with E-state index in [0.29, 0.717) is 12.5 Å². The van der Waals surface area contributed by atoms with Gasteiger partial charge >= 0.3 is 0 Å². The molecular formula is C14H21BrClN3O. The van der Waals surface area contributed by atoms with Gasteiger partial charge in [-0.15, -0.1) is 12.4 Å². The lowest BCUT2D eigenvalue weighted by molar-refractivity contribution is -0.116. The van der Waals surface area contributed by atoms with Gasteiger partial charge in [0.05, 0.1) is 0 Å². The predicted molar refractivity (Wildman–Crippen MR) is 88.5 cm³/mol. The average molecular weight is 363 g/mol. The second kappa shape index (κ2) is 8.62. The van der Waals surface area contributed by atoms with E-state index in [2.05, 4.69) is 38.4 Å². The van der Waals surface area contributed by atoms with Crippen molar-refractivity contribution in [2.45, 2.75) is 19.4 Å². The summed E-state index contributed by atoms with van der Waals surface area (Å²) in [6, 6.07) is 8.17. The molecule has 1 saturated heterocycles. The van der Waals surface area contributed by atoms with Crippen LogP contribution in [0, 0.1) is 0 Å². The van der Waals surface area contributed by atoms with Crippen molar-refractivity contribution in [1.29, 1.82) is 0 Å². The first-order valence-electron chi connectivity index (χ1n) is 6.65. The standard InChI is InChI=1S/C14H20BrN3O.ClH/c1-11-10-16-6-8-18(11)7-5-14(19)17-13-4-2-3-12(15)9-13;/h2-4,9,11,16H,5-8,10H2,1H3,(H,17,19);1H/t11-;/m0./s1. The fourth-order valence-corrected chi connectivity index (χ4v) is 2.65. The number of amides is 1. The molecule has 0 spiro atoms. The molecule has 0 radical (unpaired) electrons. The number of carbonyl (C=O) groups excluding carboxylic acids is 1. The number of rotatable bonds is 4. The summed E-state index contributed by atoms with van der Waals surface area (Å²) in [5.41, 5.74) is 0.840. The summed E-state index contributed by atoms with van der Waals surface area (Å²) in [6.45, 7) is 6.05. The van der Waals surface area contributed by atoms with Crippen LogP contribution in [0.3, 0.4) is 0 Å². The molecule has 0 unspecified atom stereocenters. The van der Waals surface area contributed by atoms with E-state index in [9.17, 15) is 4.79 Å². The summed E-state index contributed by atoms with van der Waals surface area (Å²) in [4.78, 5) is 14.3. The molecule has 1 aliphatic rings. The molecule has 2 rings (SSSR count). The quantitative estimate of drug-likeness (QED) is 0.865. The van der Waals surface area contributed by atoms with Crippen LogP contribution >= 0.6 is 28.3 Å². The second-order valence-corrected chi connectivity index (χ2v) is 5.81. The first kappa shape index (κ1) is 17.4. The molecule has 112 valence electrons. The van der Waals surface area contributed by atoms with Crippen LogP contribution in [0.25, 0.3) is 0 Å². The number of nitrogens with one attached hydrogen (secondary N) is 2. The SMILES string of the molecule is C[C@H]1CNCCN1CCC(=O)Nc1cccc(Br)c1.Cl. The molecule has 4 nitrogen and oxygen atoms in total. The summed E-state index contributed by atoms with van der Waals surface area (Å²) < 4.78 is 0.973. The Bertz CT molecular complexity index is 444. The number of hydrogen-bond donors (Lipinski definition) is 2. The van der Waals surface area contributed by atoms with Gasteiger partial charge in [-0.25, -0.2) is 0 Å². The van der Waals surface area contributed by atoms with Gasteiger partial charge in [-0.05, 0) is 25.1 Å². The lowest BCUT2D eigenvalue weighted by Crippen LogP contribution is -2.50. The van der Waals surface area contributed by atoms with E-state index in [-0.39, 0.29) is 18.3 Å². The fourth-order valence-electron chi connectivity index (χ4n) is 2.25. The van der Waals surface area contributed by atoms with Gasteiger partial charge in [0.25, 0.3) is 0 Å². The van der Waals surface area contributed by atoms with Gasteiger partial charge in [0.1, 0.15) is 0 Å². The molecule has 0 aliphatic carbocycles. The van der Waals surface area contributed by atoms with Gasteiger partial charge in [-0.3, -0.25) is 9.69 Å². The van der Waals surface area contributed by atoms with Gasteiger partial charge in [0.15, 0.2) is 0 Å². The molecule has 1 heterocycles. The summed E-state index contributed by atoms with van der Waals surface area (Å²) in [5, 5.41) is 6.28. The zero-order valence-electron chi connectivity index (χ0n) is 11.6. The average Bonchev–Trinajstić information content (AvgIpc) is 2.38. The Balaban J connectivity index is 0.00000200. The van der Waals surface area contributed by atoms with Crippen LogP contribution in [0.15, 0.2) is 28.7 Å². The maximum Gasteiger partial charge on any atom is 0.225 e. The van der Waals surface area contributed by atoms with E-state index >= 15 is 0 Å². The minimum absolute atomic E-state index is 0. The third-order valence-corrected chi connectivity index (χ3v) is 3.87. The molecule has 0 saturated carbocycles. The molecule has 20 heavy (non-hydrogen) atoms. The topological polar surface area (TPSA) is 44.4 Å². The first-order chi connectivity index (χ1) is 9.15. The highest BCUT2D eigenvalue weighted by molar-refractivity contribution is 9.10. The number of nitrogens with zero attached hydrogens (tertiary/aromatic N) is 1. The number of halogens is 2. The van der Waals surface area contributed by atoms with Gasteiger partial charge in [-0.1, -0.05) is 22.0 Å². The van der Waals surface area contributed by atoms with Crippen molar-refractivity contribution in [2.75, 3.05) is 31.5 Å². The summed E-state index contributed by atoms with van der Waals surface area (Å²) >= 11 is 3.40. The summed E-state index contributed by atoms with van der Waals surface area (Å²) in [5.74, 6) is 0.0730. The lowest BCUT2D eigenvalue weighted by atomic mass is 10.2. The normalized spacial score (nSPS) is 19.2. The largest absolute Gasteiger partial charge is 0.326 e. The predicted octanol–water partition coefficient (Wildman–Crippen LogP) is 2.49. The summed E-state index contributed by atoms with van der Waals surface area (Å²) in [6.07, 6.45) is 0.539. The monoisotopic (exact) mass is 361 g/mol. The smallest absolute Gasteiger partial charge is 0.225 e. The maximum absolute atomic E-state index is 11.9. The number of anilines is 1. The fraction of sp³-hybridized carbons (Fsp3) is 0.500. The summed E-state index contributed by atoms with van der Waals surface area (Å²) in [7, 11) is 0. The number of benzene rings is 1. The molecule has 2 N–H and O–H groups in total. The molecule has 1 amide bonds. The second-order valence-electron chi connectivity index (χ2n) is 4.90. The van der Waals surface area contributed by atoms with Crippen molar-refractivity contribution >= 4 is 39.9 Å². The zero-order valence-corrected chi connectivity index (χ0v) is 14.0. The Kier molecular flexibility index (Phi) is 7.51. The highest BCUT2D eigenvalue weighted by atomic mass is 79.9. The van der Waals surface area contributed by atoms with E-state index in [1.807, 2.05) is 24.3 Å². The molecule has 1 fully saturated rings. The van der Waals surface area contributed by atoms with Crippen molar-refractivity contribution in [3.63, 3.8) is 0 Å². The first-order valence-corrected chi connectivity index (χ1v) is 7.44. The minimum atomic E-state index is 0. The molecule has 1 aromatic carbocycles. The molecule has 0 aromatic heterocycles. The Morgan fingerprint density at radius 3 is 3.05 bits per heavy atom. The van der Waals surface area contributed by atoms with Crippen LogP contribution in [0.1, 0.15) is 13.3 Å². The molecule has 0 bridgehead atoms. The van der Waals surface area contributed by atoms with Crippen molar-refractivity contribution in [2.24, 2.45) is 0 Å². The molecular weight excluding hydrogens is 342 g/mol. The highest BCUT2D eigenvalue weighted by Gasteiger charge is 2.18. The van der Waals surface area contributed by atoms with E-state index in [1.165, 1.54) is 0 Å². The van der Waals surface area contributed by atoms with Gasteiger partial charge in [-0.2, -0.15) is 0 Å². The van der Waals surface area contributed by atoms with Crippen molar-refractivity contribution in [3.05, 3.63) is 28.7 Å². The Morgan fingerprint density at radius 1 is 1.55 bits per heavy atom. The van der Waals surface area contributed by atoms with Gasteiger partial charge in [0.2, 0.25) is 5.91 Å². The molecule has 6 heteroatoms. The number of piperazine rings is 1. The number of carbonyl (C=O) groups is 1. The van der Waals surface area contributed by atoms with Crippen molar-refractivity contribution < 1.29 is 4.79 Å².